The first-order valence-corrected chi connectivity index (χ1v) is 10.4. The molecule has 3 heterocycles. The van der Waals surface area contributed by atoms with Crippen LogP contribution in [0.15, 0.2) is 59.5 Å². The molecule has 0 spiro atoms. The Balaban J connectivity index is 1.38. The number of nitro benzene ring substituents is 1. The molecule has 14 heteroatoms. The van der Waals surface area contributed by atoms with Crippen molar-refractivity contribution >= 4 is 34.8 Å². The Bertz CT molecular complexity index is 1380. The van der Waals surface area contributed by atoms with Gasteiger partial charge in [-0.2, -0.15) is 10.2 Å². The number of nitro groups is 1. The van der Waals surface area contributed by atoms with Crippen molar-refractivity contribution in [3.8, 4) is 5.75 Å². The largest absolute Gasteiger partial charge is 0.470 e. The van der Waals surface area contributed by atoms with Gasteiger partial charge in [-0.1, -0.05) is 11.6 Å². The molecule has 0 aliphatic carbocycles. The van der Waals surface area contributed by atoms with Gasteiger partial charge in [0.15, 0.2) is 18.1 Å². The van der Waals surface area contributed by atoms with Gasteiger partial charge in [0.1, 0.15) is 11.5 Å². The van der Waals surface area contributed by atoms with Crippen LogP contribution in [0, 0.1) is 10.1 Å². The van der Waals surface area contributed by atoms with Crippen LogP contribution in [0.5, 0.6) is 5.75 Å². The van der Waals surface area contributed by atoms with E-state index in [4.69, 9.17) is 20.8 Å². The third kappa shape index (κ3) is 5.65. The van der Waals surface area contributed by atoms with Crippen LogP contribution in [0.2, 0.25) is 5.02 Å². The molecule has 0 bridgehead atoms. The van der Waals surface area contributed by atoms with Crippen molar-refractivity contribution in [2.24, 2.45) is 7.05 Å². The molecule has 0 aliphatic heterocycles. The Morgan fingerprint density at radius 1 is 1.23 bits per heavy atom. The van der Waals surface area contributed by atoms with Gasteiger partial charge in [-0.3, -0.25) is 24.4 Å². The zero-order valence-corrected chi connectivity index (χ0v) is 18.9. The van der Waals surface area contributed by atoms with Gasteiger partial charge < -0.3 is 19.8 Å². The lowest BCUT2D eigenvalue weighted by Crippen LogP contribution is -2.25. The maximum atomic E-state index is 12.7. The average Bonchev–Trinajstić information content (AvgIpc) is 3.58. The van der Waals surface area contributed by atoms with Crippen LogP contribution in [0.3, 0.4) is 0 Å². The number of nitrogens with zero attached hydrogens (tertiary/aromatic N) is 5. The van der Waals surface area contributed by atoms with Crippen molar-refractivity contribution in [3.63, 3.8) is 0 Å². The minimum absolute atomic E-state index is 0.0305. The van der Waals surface area contributed by atoms with E-state index in [0.717, 1.165) is 0 Å². The molecule has 0 fully saturated rings. The molecule has 0 saturated heterocycles. The highest BCUT2D eigenvalue weighted by atomic mass is 35.5. The van der Waals surface area contributed by atoms with Crippen LogP contribution in [0.25, 0.3) is 0 Å². The summed E-state index contributed by atoms with van der Waals surface area (Å²) in [5.41, 5.74) is 0.139. The molecule has 0 aliphatic rings. The summed E-state index contributed by atoms with van der Waals surface area (Å²) in [7, 11) is 1.62. The number of hydrogen-bond acceptors (Lipinski definition) is 8. The number of aryl methyl sites for hydroxylation is 1. The molecule has 180 valence electrons. The first kappa shape index (κ1) is 23.5. The van der Waals surface area contributed by atoms with E-state index in [2.05, 4.69) is 20.8 Å². The summed E-state index contributed by atoms with van der Waals surface area (Å²) in [6.45, 7) is 0.0666. The number of anilines is 1. The minimum Gasteiger partial charge on any atom is -0.470 e. The highest BCUT2D eigenvalue weighted by Crippen LogP contribution is 2.28. The van der Waals surface area contributed by atoms with E-state index in [1.54, 1.807) is 19.2 Å². The van der Waals surface area contributed by atoms with Crippen molar-refractivity contribution in [3.05, 3.63) is 87.3 Å². The van der Waals surface area contributed by atoms with E-state index < -0.39 is 16.7 Å². The number of benzene rings is 1. The fourth-order valence-corrected chi connectivity index (χ4v) is 3.24. The summed E-state index contributed by atoms with van der Waals surface area (Å²) >= 11 is 6.01. The predicted molar refractivity (Wildman–Crippen MR) is 122 cm³/mol. The number of non-ortho nitro benzene ring substituents is 1. The molecular formula is C21H18ClN7O6. The van der Waals surface area contributed by atoms with E-state index >= 15 is 0 Å². The second kappa shape index (κ2) is 10.1. The third-order valence-electron chi connectivity index (χ3n) is 4.65. The van der Waals surface area contributed by atoms with Gasteiger partial charge in [0, 0.05) is 31.6 Å². The predicted octanol–water partition coefficient (Wildman–Crippen LogP) is 2.99. The normalized spacial score (nSPS) is 10.7. The monoisotopic (exact) mass is 499 g/mol. The topological polar surface area (TPSA) is 159 Å². The number of nitrogens with one attached hydrogen (secondary N) is 2. The van der Waals surface area contributed by atoms with E-state index in [0.29, 0.717) is 5.76 Å². The Morgan fingerprint density at radius 2 is 2.06 bits per heavy atom. The first-order chi connectivity index (χ1) is 16.8. The number of amides is 2. The van der Waals surface area contributed by atoms with Gasteiger partial charge in [-0.25, -0.2) is 4.68 Å². The van der Waals surface area contributed by atoms with Gasteiger partial charge in [0.05, 0.1) is 28.4 Å². The van der Waals surface area contributed by atoms with Gasteiger partial charge in [0.2, 0.25) is 0 Å². The van der Waals surface area contributed by atoms with Crippen LogP contribution in [-0.2, 0) is 20.3 Å². The summed E-state index contributed by atoms with van der Waals surface area (Å²) in [6, 6.07) is 8.70. The zero-order valence-electron chi connectivity index (χ0n) is 18.2. The van der Waals surface area contributed by atoms with E-state index in [1.807, 2.05) is 0 Å². The van der Waals surface area contributed by atoms with Crippen molar-refractivity contribution < 1.29 is 23.7 Å². The van der Waals surface area contributed by atoms with Gasteiger partial charge in [-0.05, 0) is 24.3 Å². The summed E-state index contributed by atoms with van der Waals surface area (Å²) in [5, 5.41) is 24.4. The average molecular weight is 500 g/mol. The number of carbonyl (C=O) groups is 2. The minimum atomic E-state index is -0.565. The van der Waals surface area contributed by atoms with Crippen molar-refractivity contribution in [1.82, 2.24) is 24.9 Å². The number of furan rings is 1. The Labute approximate surface area is 202 Å². The molecule has 2 N–H and O–H groups in total. The molecule has 13 nitrogen and oxygen atoms in total. The maximum Gasteiger partial charge on any atom is 0.276 e. The van der Waals surface area contributed by atoms with E-state index in [1.165, 1.54) is 52.3 Å². The summed E-state index contributed by atoms with van der Waals surface area (Å²) < 4.78 is 13.4. The molecule has 0 radical (unpaired) electrons. The van der Waals surface area contributed by atoms with Crippen molar-refractivity contribution in [1.29, 1.82) is 0 Å². The highest BCUT2D eigenvalue weighted by molar-refractivity contribution is 6.32. The fourth-order valence-electron chi connectivity index (χ4n) is 3.01. The number of ether oxygens (including phenoxy) is 1. The quantitative estimate of drug-likeness (QED) is 0.262. The van der Waals surface area contributed by atoms with Crippen LogP contribution in [0.1, 0.15) is 26.7 Å². The lowest BCUT2D eigenvalue weighted by molar-refractivity contribution is -0.384. The molecule has 35 heavy (non-hydrogen) atoms. The second-order valence-corrected chi connectivity index (χ2v) is 7.57. The van der Waals surface area contributed by atoms with Crippen LogP contribution < -0.4 is 15.4 Å². The highest BCUT2D eigenvalue weighted by Gasteiger charge is 2.20. The molecular weight excluding hydrogens is 482 g/mol. The maximum absolute atomic E-state index is 12.7. The number of halogens is 1. The molecule has 0 unspecified atom stereocenters. The SMILES string of the molecule is Cn1cc(NC(=O)c2ccn(COc3ccc([N+](=O)[O-])cc3Cl)n2)c(C(=O)NCc2ccco2)n1. The molecule has 4 aromatic rings. The zero-order chi connectivity index (χ0) is 24.9. The van der Waals surface area contributed by atoms with E-state index in [9.17, 15) is 19.7 Å². The van der Waals surface area contributed by atoms with Gasteiger partial charge in [0.25, 0.3) is 17.5 Å². The van der Waals surface area contributed by atoms with E-state index in [-0.39, 0.29) is 46.8 Å². The third-order valence-corrected chi connectivity index (χ3v) is 4.94. The molecule has 2 amide bonds. The molecule has 4 rings (SSSR count). The Morgan fingerprint density at radius 3 is 2.77 bits per heavy atom. The van der Waals surface area contributed by atoms with Crippen LogP contribution >= 0.6 is 11.6 Å². The van der Waals surface area contributed by atoms with Crippen LogP contribution in [0.4, 0.5) is 11.4 Å². The molecule has 3 aromatic heterocycles. The van der Waals surface area contributed by atoms with Gasteiger partial charge >= 0.3 is 0 Å². The second-order valence-electron chi connectivity index (χ2n) is 7.17. The Hall–Kier alpha value is -4.65. The van der Waals surface area contributed by atoms with Crippen LogP contribution in [-0.4, -0.2) is 36.3 Å². The smallest absolute Gasteiger partial charge is 0.276 e. The summed E-state index contributed by atoms with van der Waals surface area (Å²) in [4.78, 5) is 35.5. The number of aromatic nitrogens is 4. The number of hydrogen-bond donors (Lipinski definition) is 2. The lowest BCUT2D eigenvalue weighted by Gasteiger charge is -2.08. The lowest BCUT2D eigenvalue weighted by atomic mass is 10.3. The summed E-state index contributed by atoms with van der Waals surface area (Å²) in [5.74, 6) is -0.261. The first-order valence-electron chi connectivity index (χ1n) is 10.1. The molecule has 1 aromatic carbocycles. The summed E-state index contributed by atoms with van der Waals surface area (Å²) in [6.07, 6.45) is 4.50. The standard InChI is InChI=1S/C21H18ClN7O6/c1-27-11-17(19(26-27)21(31)23-10-14-3-2-8-34-14)24-20(30)16-6-7-28(25-16)12-35-18-5-4-13(29(32)33)9-15(18)22/h2-9,11H,10,12H2,1H3,(H,23,31)(H,24,30). The van der Waals surface area contributed by atoms with Crippen molar-refractivity contribution in [2.45, 2.75) is 13.3 Å². The van der Waals surface area contributed by atoms with Crippen molar-refractivity contribution in [2.75, 3.05) is 5.32 Å². The molecule has 0 atom stereocenters. The van der Waals surface area contributed by atoms with Gasteiger partial charge in [-0.15, -0.1) is 0 Å². The fraction of sp³-hybridized carbons (Fsp3) is 0.143. The molecule has 0 saturated carbocycles. The number of carbonyl (C=O) groups excluding carboxylic acids is 2. The number of rotatable bonds is 9. The Kier molecular flexibility index (Phi) is 6.78.